The molecule has 5 heteroatoms. The number of carbonyl (C=O) groups excluding carboxylic acids is 1. The van der Waals surface area contributed by atoms with E-state index in [1.807, 2.05) is 25.1 Å². The van der Waals surface area contributed by atoms with Gasteiger partial charge in [0, 0.05) is 12.1 Å². The SMILES string of the molecule is CCOc1ccc(C(=O)NC(=S)NCCc2ccccc2)cc1. The fourth-order valence-corrected chi connectivity index (χ4v) is 2.25. The van der Waals surface area contributed by atoms with Gasteiger partial charge in [0.15, 0.2) is 5.11 Å². The van der Waals surface area contributed by atoms with E-state index in [1.54, 1.807) is 24.3 Å². The number of amides is 1. The normalized spacial score (nSPS) is 9.96. The van der Waals surface area contributed by atoms with Gasteiger partial charge in [0.2, 0.25) is 0 Å². The van der Waals surface area contributed by atoms with E-state index >= 15 is 0 Å². The molecule has 0 bridgehead atoms. The third-order valence-corrected chi connectivity index (χ3v) is 3.44. The van der Waals surface area contributed by atoms with E-state index in [0.29, 0.717) is 23.8 Å². The molecule has 0 spiro atoms. The quantitative estimate of drug-likeness (QED) is 0.801. The molecule has 2 N–H and O–H groups in total. The van der Waals surface area contributed by atoms with E-state index in [-0.39, 0.29) is 5.91 Å². The predicted octanol–water partition coefficient (Wildman–Crippen LogP) is 2.93. The summed E-state index contributed by atoms with van der Waals surface area (Å²) in [5.41, 5.74) is 1.77. The van der Waals surface area contributed by atoms with Gasteiger partial charge >= 0.3 is 0 Å². The lowest BCUT2D eigenvalue weighted by Crippen LogP contribution is -2.40. The van der Waals surface area contributed by atoms with Crippen molar-refractivity contribution in [3.05, 3.63) is 65.7 Å². The topological polar surface area (TPSA) is 50.4 Å². The van der Waals surface area contributed by atoms with Crippen LogP contribution in [0.4, 0.5) is 0 Å². The standard InChI is InChI=1S/C18H20N2O2S/c1-2-22-16-10-8-15(9-11-16)17(21)20-18(23)19-13-12-14-6-4-3-5-7-14/h3-11H,2,12-13H2,1H3,(H2,19,20,21,23). The average Bonchev–Trinajstić information content (AvgIpc) is 2.57. The van der Waals surface area contributed by atoms with Crippen LogP contribution in [0.25, 0.3) is 0 Å². The Morgan fingerprint density at radius 2 is 1.78 bits per heavy atom. The Hall–Kier alpha value is -2.40. The third kappa shape index (κ3) is 5.71. The van der Waals surface area contributed by atoms with Crippen LogP contribution >= 0.6 is 12.2 Å². The highest BCUT2D eigenvalue weighted by Crippen LogP contribution is 2.11. The Labute approximate surface area is 141 Å². The molecule has 0 saturated carbocycles. The molecule has 0 aliphatic carbocycles. The lowest BCUT2D eigenvalue weighted by Gasteiger charge is -2.10. The Bertz CT molecular complexity index is 642. The van der Waals surface area contributed by atoms with E-state index in [2.05, 4.69) is 22.8 Å². The third-order valence-electron chi connectivity index (χ3n) is 3.20. The van der Waals surface area contributed by atoms with Crippen LogP contribution in [-0.2, 0) is 6.42 Å². The first-order chi connectivity index (χ1) is 11.2. The highest BCUT2D eigenvalue weighted by molar-refractivity contribution is 7.80. The van der Waals surface area contributed by atoms with Crippen LogP contribution in [0.2, 0.25) is 0 Å². The molecule has 0 aliphatic heterocycles. The summed E-state index contributed by atoms with van der Waals surface area (Å²) in [5.74, 6) is 0.512. The highest BCUT2D eigenvalue weighted by atomic mass is 32.1. The minimum atomic E-state index is -0.231. The van der Waals surface area contributed by atoms with Gasteiger partial charge in [0.1, 0.15) is 5.75 Å². The van der Waals surface area contributed by atoms with Crippen molar-refractivity contribution in [2.24, 2.45) is 0 Å². The van der Waals surface area contributed by atoms with Crippen molar-refractivity contribution in [2.75, 3.05) is 13.2 Å². The summed E-state index contributed by atoms with van der Waals surface area (Å²) in [5, 5.41) is 6.05. The van der Waals surface area contributed by atoms with Crippen LogP contribution in [0.5, 0.6) is 5.75 Å². The molecule has 0 atom stereocenters. The van der Waals surface area contributed by atoms with Crippen LogP contribution < -0.4 is 15.4 Å². The van der Waals surface area contributed by atoms with E-state index < -0.39 is 0 Å². The Kier molecular flexibility index (Phi) is 6.56. The predicted molar refractivity (Wildman–Crippen MR) is 95.8 cm³/mol. The Morgan fingerprint density at radius 1 is 1.09 bits per heavy atom. The van der Waals surface area contributed by atoms with Crippen molar-refractivity contribution >= 4 is 23.2 Å². The molecule has 2 aromatic rings. The molecule has 0 radical (unpaired) electrons. The van der Waals surface area contributed by atoms with Crippen molar-refractivity contribution in [3.63, 3.8) is 0 Å². The van der Waals surface area contributed by atoms with Gasteiger partial charge in [-0.15, -0.1) is 0 Å². The molecule has 120 valence electrons. The van der Waals surface area contributed by atoms with Gasteiger partial charge in [-0.1, -0.05) is 30.3 Å². The van der Waals surface area contributed by atoms with Gasteiger partial charge in [-0.05, 0) is 55.4 Å². The Morgan fingerprint density at radius 3 is 2.43 bits per heavy atom. The smallest absolute Gasteiger partial charge is 0.257 e. The summed E-state index contributed by atoms with van der Waals surface area (Å²) in [7, 11) is 0. The monoisotopic (exact) mass is 328 g/mol. The summed E-state index contributed by atoms with van der Waals surface area (Å²) in [6, 6.07) is 17.1. The molecule has 23 heavy (non-hydrogen) atoms. The number of nitrogens with one attached hydrogen (secondary N) is 2. The molecule has 2 rings (SSSR count). The van der Waals surface area contributed by atoms with Gasteiger partial charge in [-0.3, -0.25) is 10.1 Å². The molecular formula is C18H20N2O2S. The van der Waals surface area contributed by atoms with Crippen LogP contribution in [0, 0.1) is 0 Å². The fraction of sp³-hybridized carbons (Fsp3) is 0.222. The van der Waals surface area contributed by atoms with Crippen molar-refractivity contribution in [1.29, 1.82) is 0 Å². The largest absolute Gasteiger partial charge is 0.494 e. The second-order valence-electron chi connectivity index (χ2n) is 4.90. The highest BCUT2D eigenvalue weighted by Gasteiger charge is 2.07. The van der Waals surface area contributed by atoms with Crippen molar-refractivity contribution < 1.29 is 9.53 Å². The van der Waals surface area contributed by atoms with Gasteiger partial charge in [-0.2, -0.15) is 0 Å². The Balaban J connectivity index is 1.76. The first-order valence-corrected chi connectivity index (χ1v) is 7.96. The maximum Gasteiger partial charge on any atom is 0.257 e. The fourth-order valence-electron chi connectivity index (χ4n) is 2.05. The van der Waals surface area contributed by atoms with Crippen LogP contribution in [0.1, 0.15) is 22.8 Å². The molecule has 0 fully saturated rings. The van der Waals surface area contributed by atoms with Crippen LogP contribution in [-0.4, -0.2) is 24.2 Å². The molecule has 0 aromatic heterocycles. The molecular weight excluding hydrogens is 308 g/mol. The van der Waals surface area contributed by atoms with E-state index in [9.17, 15) is 4.79 Å². The second kappa shape index (κ2) is 8.90. The molecule has 4 nitrogen and oxygen atoms in total. The summed E-state index contributed by atoms with van der Waals surface area (Å²) < 4.78 is 5.35. The van der Waals surface area contributed by atoms with Gasteiger partial charge in [0.25, 0.3) is 5.91 Å². The first kappa shape index (κ1) is 17.0. The minimum absolute atomic E-state index is 0.231. The van der Waals surface area contributed by atoms with Gasteiger partial charge in [-0.25, -0.2) is 0 Å². The number of carbonyl (C=O) groups is 1. The number of rotatable bonds is 6. The molecule has 0 saturated heterocycles. The zero-order chi connectivity index (χ0) is 16.5. The van der Waals surface area contributed by atoms with Crippen LogP contribution in [0.15, 0.2) is 54.6 Å². The summed E-state index contributed by atoms with van der Waals surface area (Å²) in [6.07, 6.45) is 0.847. The average molecular weight is 328 g/mol. The molecule has 2 aromatic carbocycles. The zero-order valence-electron chi connectivity index (χ0n) is 13.0. The number of thiocarbonyl (C=S) groups is 1. The zero-order valence-corrected chi connectivity index (χ0v) is 13.9. The number of hydrogen-bond donors (Lipinski definition) is 2. The van der Waals surface area contributed by atoms with E-state index in [1.165, 1.54) is 5.56 Å². The minimum Gasteiger partial charge on any atom is -0.494 e. The second-order valence-corrected chi connectivity index (χ2v) is 5.31. The van der Waals surface area contributed by atoms with E-state index in [4.69, 9.17) is 17.0 Å². The molecule has 0 aliphatic rings. The molecule has 1 amide bonds. The number of hydrogen-bond acceptors (Lipinski definition) is 3. The summed E-state index contributed by atoms with van der Waals surface area (Å²) >= 11 is 5.15. The first-order valence-electron chi connectivity index (χ1n) is 7.55. The lowest BCUT2D eigenvalue weighted by molar-refractivity contribution is 0.0976. The van der Waals surface area contributed by atoms with Gasteiger partial charge < -0.3 is 10.1 Å². The maximum absolute atomic E-state index is 12.1. The number of benzene rings is 2. The summed E-state index contributed by atoms with van der Waals surface area (Å²) in [4.78, 5) is 12.1. The summed E-state index contributed by atoms with van der Waals surface area (Å²) in [6.45, 7) is 3.19. The lowest BCUT2D eigenvalue weighted by atomic mass is 10.1. The molecule has 0 heterocycles. The van der Waals surface area contributed by atoms with Crippen molar-refractivity contribution in [3.8, 4) is 5.75 Å². The van der Waals surface area contributed by atoms with E-state index in [0.717, 1.165) is 12.2 Å². The van der Waals surface area contributed by atoms with Crippen molar-refractivity contribution in [1.82, 2.24) is 10.6 Å². The van der Waals surface area contributed by atoms with Gasteiger partial charge in [0.05, 0.1) is 6.61 Å². The van der Waals surface area contributed by atoms with Crippen molar-refractivity contribution in [2.45, 2.75) is 13.3 Å². The van der Waals surface area contributed by atoms with Crippen LogP contribution in [0.3, 0.4) is 0 Å². The molecule has 0 unspecified atom stereocenters. The maximum atomic E-state index is 12.1. The number of ether oxygens (including phenoxy) is 1.